The van der Waals surface area contributed by atoms with Crippen LogP contribution in [0.1, 0.15) is 32.3 Å². The van der Waals surface area contributed by atoms with E-state index < -0.39 is 28.5 Å². The molecule has 0 heterocycles. The van der Waals surface area contributed by atoms with E-state index in [0.29, 0.717) is 13.0 Å². The minimum Gasteiger partial charge on any atom is -0.354 e. The Morgan fingerprint density at radius 1 is 1.03 bits per heavy atom. The lowest BCUT2D eigenvalue weighted by molar-refractivity contribution is -0.140. The number of nitrogens with one attached hydrogen (secondary N) is 1. The van der Waals surface area contributed by atoms with Crippen molar-refractivity contribution in [3.8, 4) is 0 Å². The summed E-state index contributed by atoms with van der Waals surface area (Å²) < 4.78 is 26.1. The Bertz CT molecular complexity index is 1060. The van der Waals surface area contributed by atoms with Gasteiger partial charge in [0, 0.05) is 13.1 Å². The van der Waals surface area contributed by atoms with Crippen LogP contribution in [0.15, 0.2) is 48.5 Å². The second-order valence-corrected chi connectivity index (χ2v) is 10.3. The summed E-state index contributed by atoms with van der Waals surface area (Å²) in [4.78, 5) is 27.8. The number of halogens is 2. The van der Waals surface area contributed by atoms with E-state index in [1.54, 1.807) is 0 Å². The zero-order valence-electron chi connectivity index (χ0n) is 18.9. The van der Waals surface area contributed by atoms with Crippen LogP contribution >= 0.6 is 23.2 Å². The fourth-order valence-electron chi connectivity index (χ4n) is 3.32. The number of hydrogen-bond acceptors (Lipinski definition) is 4. The van der Waals surface area contributed by atoms with Gasteiger partial charge in [0.2, 0.25) is 21.8 Å². The molecule has 10 heteroatoms. The van der Waals surface area contributed by atoms with Gasteiger partial charge in [0.1, 0.15) is 12.6 Å². The number of sulfonamides is 1. The van der Waals surface area contributed by atoms with Crippen molar-refractivity contribution in [3.05, 3.63) is 64.1 Å². The minimum absolute atomic E-state index is 0.163. The van der Waals surface area contributed by atoms with Crippen LogP contribution in [-0.4, -0.2) is 50.5 Å². The van der Waals surface area contributed by atoms with Crippen molar-refractivity contribution in [1.82, 2.24) is 10.2 Å². The first kappa shape index (κ1) is 27.0. The third kappa shape index (κ3) is 7.62. The van der Waals surface area contributed by atoms with Gasteiger partial charge in [-0.15, -0.1) is 0 Å². The summed E-state index contributed by atoms with van der Waals surface area (Å²) in [6, 6.07) is 12.8. The van der Waals surface area contributed by atoms with Crippen LogP contribution < -0.4 is 9.62 Å². The minimum atomic E-state index is -3.83. The van der Waals surface area contributed by atoms with Gasteiger partial charge in [0.15, 0.2) is 0 Å². The fraction of sp³-hybridized carbons (Fsp3) is 0.391. The summed E-state index contributed by atoms with van der Waals surface area (Å²) in [5.74, 6) is -0.780. The number of amides is 2. The molecule has 2 amide bonds. The maximum Gasteiger partial charge on any atom is 0.244 e. The van der Waals surface area contributed by atoms with Crippen LogP contribution in [0.4, 0.5) is 5.69 Å². The normalized spacial score (nSPS) is 12.2. The molecule has 1 atom stereocenters. The molecule has 0 saturated heterocycles. The molecular weight excluding hydrogens is 485 g/mol. The molecule has 33 heavy (non-hydrogen) atoms. The third-order valence-electron chi connectivity index (χ3n) is 5.00. The summed E-state index contributed by atoms with van der Waals surface area (Å²) in [6.45, 7) is 3.92. The smallest absolute Gasteiger partial charge is 0.244 e. The first-order valence-corrected chi connectivity index (χ1v) is 13.2. The first-order valence-electron chi connectivity index (χ1n) is 10.6. The summed E-state index contributed by atoms with van der Waals surface area (Å²) in [6.07, 6.45) is 2.14. The van der Waals surface area contributed by atoms with Crippen molar-refractivity contribution in [3.63, 3.8) is 0 Å². The van der Waals surface area contributed by atoms with Crippen LogP contribution in [0.2, 0.25) is 10.0 Å². The predicted molar refractivity (Wildman–Crippen MR) is 133 cm³/mol. The Morgan fingerprint density at radius 3 is 2.24 bits per heavy atom. The molecule has 0 unspecified atom stereocenters. The van der Waals surface area contributed by atoms with Crippen molar-refractivity contribution >= 4 is 50.7 Å². The largest absolute Gasteiger partial charge is 0.354 e. The SMILES string of the molecule is CCCNC(=O)[C@H](CC)N(Cc1ccccc1)C(=O)CN(c1ccc(Cl)c(Cl)c1)S(C)(=O)=O. The van der Waals surface area contributed by atoms with E-state index in [2.05, 4.69) is 5.32 Å². The van der Waals surface area contributed by atoms with Gasteiger partial charge in [-0.1, -0.05) is 67.4 Å². The molecule has 0 spiro atoms. The Hall–Kier alpha value is -2.29. The molecule has 1 N–H and O–H groups in total. The number of carbonyl (C=O) groups is 2. The van der Waals surface area contributed by atoms with Crippen molar-refractivity contribution in [1.29, 1.82) is 0 Å². The second kappa shape index (κ2) is 12.3. The Labute approximate surface area is 205 Å². The standard InChI is InChI=1S/C23H29Cl2N3O4S/c1-4-13-26-23(30)21(5-2)27(15-17-9-7-6-8-10-17)22(29)16-28(33(3,31)32)18-11-12-19(24)20(25)14-18/h6-12,14,21H,4-5,13,15-16H2,1-3H3,(H,26,30)/t21-/m0/s1. The van der Waals surface area contributed by atoms with Gasteiger partial charge in [0.05, 0.1) is 22.0 Å². The van der Waals surface area contributed by atoms with E-state index in [9.17, 15) is 18.0 Å². The van der Waals surface area contributed by atoms with Crippen molar-refractivity contribution in [2.45, 2.75) is 39.3 Å². The van der Waals surface area contributed by atoms with E-state index in [4.69, 9.17) is 23.2 Å². The van der Waals surface area contributed by atoms with E-state index in [-0.39, 0.29) is 28.2 Å². The van der Waals surface area contributed by atoms with Crippen molar-refractivity contribution in [2.24, 2.45) is 0 Å². The van der Waals surface area contributed by atoms with E-state index >= 15 is 0 Å². The van der Waals surface area contributed by atoms with Crippen molar-refractivity contribution < 1.29 is 18.0 Å². The highest BCUT2D eigenvalue weighted by Gasteiger charge is 2.31. The molecule has 2 aromatic rings. The molecule has 0 fully saturated rings. The number of benzene rings is 2. The zero-order valence-corrected chi connectivity index (χ0v) is 21.3. The molecule has 0 radical (unpaired) electrons. The molecule has 7 nitrogen and oxygen atoms in total. The molecule has 0 saturated carbocycles. The summed E-state index contributed by atoms with van der Waals surface area (Å²) >= 11 is 12.0. The number of anilines is 1. The highest BCUT2D eigenvalue weighted by atomic mass is 35.5. The topological polar surface area (TPSA) is 86.8 Å². The lowest BCUT2D eigenvalue weighted by Gasteiger charge is -2.33. The van der Waals surface area contributed by atoms with E-state index in [0.717, 1.165) is 22.5 Å². The molecular formula is C23H29Cl2N3O4S. The molecule has 0 aliphatic heterocycles. The number of carbonyl (C=O) groups excluding carboxylic acids is 2. The lowest BCUT2D eigenvalue weighted by atomic mass is 10.1. The maximum atomic E-state index is 13.5. The number of hydrogen-bond donors (Lipinski definition) is 1. The van der Waals surface area contributed by atoms with E-state index in [1.165, 1.54) is 23.1 Å². The molecule has 2 aromatic carbocycles. The Morgan fingerprint density at radius 2 is 1.70 bits per heavy atom. The molecule has 0 aliphatic rings. The summed E-state index contributed by atoms with van der Waals surface area (Å²) in [5.41, 5.74) is 1.04. The van der Waals surface area contributed by atoms with Crippen LogP contribution in [0, 0.1) is 0 Å². The second-order valence-electron chi connectivity index (χ2n) is 7.59. The van der Waals surface area contributed by atoms with Gasteiger partial charge in [-0.05, 0) is 36.6 Å². The van der Waals surface area contributed by atoms with Crippen LogP contribution in [-0.2, 0) is 26.2 Å². The van der Waals surface area contributed by atoms with Gasteiger partial charge in [0.25, 0.3) is 0 Å². The Kier molecular flexibility index (Phi) is 10.0. The van der Waals surface area contributed by atoms with E-state index in [1.807, 2.05) is 44.2 Å². The summed E-state index contributed by atoms with van der Waals surface area (Å²) in [7, 11) is -3.83. The molecule has 0 aromatic heterocycles. The first-order chi connectivity index (χ1) is 15.6. The van der Waals surface area contributed by atoms with Gasteiger partial charge in [-0.25, -0.2) is 8.42 Å². The van der Waals surface area contributed by atoms with Crippen LogP contribution in [0.5, 0.6) is 0 Å². The van der Waals surface area contributed by atoms with Crippen LogP contribution in [0.25, 0.3) is 0 Å². The molecule has 0 bridgehead atoms. The quantitative estimate of drug-likeness (QED) is 0.490. The highest BCUT2D eigenvalue weighted by molar-refractivity contribution is 7.92. The fourth-order valence-corrected chi connectivity index (χ4v) is 4.45. The highest BCUT2D eigenvalue weighted by Crippen LogP contribution is 2.28. The average Bonchev–Trinajstić information content (AvgIpc) is 2.77. The molecule has 180 valence electrons. The van der Waals surface area contributed by atoms with Gasteiger partial charge < -0.3 is 10.2 Å². The van der Waals surface area contributed by atoms with Gasteiger partial charge in [-0.3, -0.25) is 13.9 Å². The van der Waals surface area contributed by atoms with Crippen LogP contribution in [0.3, 0.4) is 0 Å². The predicted octanol–water partition coefficient (Wildman–Crippen LogP) is 4.09. The average molecular weight is 514 g/mol. The maximum absolute atomic E-state index is 13.5. The third-order valence-corrected chi connectivity index (χ3v) is 6.88. The monoisotopic (exact) mass is 513 g/mol. The van der Waals surface area contributed by atoms with Gasteiger partial charge in [-0.2, -0.15) is 0 Å². The lowest BCUT2D eigenvalue weighted by Crippen LogP contribution is -2.52. The number of rotatable bonds is 11. The Balaban J connectivity index is 2.41. The summed E-state index contributed by atoms with van der Waals surface area (Å²) in [5, 5.41) is 3.27. The van der Waals surface area contributed by atoms with Gasteiger partial charge >= 0.3 is 0 Å². The molecule has 0 aliphatic carbocycles. The molecule has 2 rings (SSSR count). The number of nitrogens with zero attached hydrogens (tertiary/aromatic N) is 2. The zero-order chi connectivity index (χ0) is 24.6. The van der Waals surface area contributed by atoms with Crippen molar-refractivity contribution in [2.75, 3.05) is 23.7 Å².